The summed E-state index contributed by atoms with van der Waals surface area (Å²) in [7, 11) is 2.02. The summed E-state index contributed by atoms with van der Waals surface area (Å²) in [4.78, 5) is 13.9. The van der Waals surface area contributed by atoms with Crippen molar-refractivity contribution in [3.63, 3.8) is 0 Å². The highest BCUT2D eigenvalue weighted by molar-refractivity contribution is 7.15. The molecule has 5 aromatic rings. The zero-order valence-corrected chi connectivity index (χ0v) is 13.2. The van der Waals surface area contributed by atoms with Crippen molar-refractivity contribution in [2.75, 3.05) is 0 Å². The molecule has 0 aliphatic rings. The van der Waals surface area contributed by atoms with Crippen LogP contribution in [0, 0.1) is 0 Å². The van der Waals surface area contributed by atoms with E-state index < -0.39 is 0 Å². The van der Waals surface area contributed by atoms with E-state index in [1.165, 1.54) is 0 Å². The molecule has 0 unspecified atom stereocenters. The van der Waals surface area contributed by atoms with E-state index in [2.05, 4.69) is 27.9 Å². The molecule has 1 aromatic carbocycles. The Morgan fingerprint density at radius 3 is 2.87 bits per heavy atom. The first-order chi connectivity index (χ1) is 11.3. The van der Waals surface area contributed by atoms with Crippen LogP contribution in [0.15, 0.2) is 54.3 Å². The second-order valence-electron chi connectivity index (χ2n) is 5.51. The Bertz CT molecular complexity index is 1110. The number of aromatic nitrogens is 5. The van der Waals surface area contributed by atoms with Gasteiger partial charge in [0.05, 0.1) is 22.4 Å². The molecule has 23 heavy (non-hydrogen) atoms. The average molecular weight is 319 g/mol. The van der Waals surface area contributed by atoms with Gasteiger partial charge >= 0.3 is 0 Å². The molecule has 112 valence electrons. The summed E-state index contributed by atoms with van der Waals surface area (Å²) in [5.41, 5.74) is 5.08. The van der Waals surface area contributed by atoms with Crippen LogP contribution in [-0.4, -0.2) is 23.9 Å². The lowest BCUT2D eigenvalue weighted by Crippen LogP contribution is -1.90. The smallest absolute Gasteiger partial charge is 0.194 e. The van der Waals surface area contributed by atoms with Crippen LogP contribution in [0.2, 0.25) is 0 Å². The summed E-state index contributed by atoms with van der Waals surface area (Å²) < 4.78 is 4.11. The summed E-state index contributed by atoms with van der Waals surface area (Å²) in [6.45, 7) is 0. The highest BCUT2D eigenvalue weighted by Gasteiger charge is 2.13. The minimum absolute atomic E-state index is 0.876. The van der Waals surface area contributed by atoms with Gasteiger partial charge in [-0.2, -0.15) is 0 Å². The van der Waals surface area contributed by atoms with Gasteiger partial charge in [0.15, 0.2) is 10.8 Å². The molecular formula is C17H13N5S. The zero-order chi connectivity index (χ0) is 15.4. The van der Waals surface area contributed by atoms with Crippen LogP contribution in [0.4, 0.5) is 0 Å². The molecule has 5 rings (SSSR count). The molecule has 0 fully saturated rings. The molecule has 0 atom stereocenters. The Kier molecular flexibility index (Phi) is 2.51. The number of fused-ring (bicyclic) bond motifs is 2. The molecular weight excluding hydrogens is 306 g/mol. The number of H-pyrrole nitrogens is 1. The monoisotopic (exact) mass is 319 g/mol. The lowest BCUT2D eigenvalue weighted by Gasteiger charge is -1.99. The van der Waals surface area contributed by atoms with Crippen molar-refractivity contribution >= 4 is 27.3 Å². The van der Waals surface area contributed by atoms with Gasteiger partial charge in [-0.15, -0.1) is 11.3 Å². The molecule has 5 nitrogen and oxygen atoms in total. The molecule has 0 aliphatic carbocycles. The van der Waals surface area contributed by atoms with Crippen molar-refractivity contribution in [1.82, 2.24) is 23.9 Å². The highest BCUT2D eigenvalue weighted by Crippen LogP contribution is 2.30. The number of para-hydroxylation sites is 1. The van der Waals surface area contributed by atoms with Crippen LogP contribution in [-0.2, 0) is 7.05 Å². The van der Waals surface area contributed by atoms with Crippen molar-refractivity contribution in [3.05, 3.63) is 54.3 Å². The van der Waals surface area contributed by atoms with Gasteiger partial charge in [0.2, 0.25) is 0 Å². The van der Waals surface area contributed by atoms with Crippen LogP contribution >= 0.6 is 11.3 Å². The van der Waals surface area contributed by atoms with Crippen molar-refractivity contribution < 1.29 is 0 Å². The van der Waals surface area contributed by atoms with E-state index in [1.807, 2.05) is 47.4 Å². The first kappa shape index (κ1) is 12.7. The second kappa shape index (κ2) is 4.57. The predicted octanol–water partition coefficient (Wildman–Crippen LogP) is 3.94. The average Bonchev–Trinajstić information content (AvgIpc) is 3.28. The predicted molar refractivity (Wildman–Crippen MR) is 92.6 cm³/mol. The standard InChI is InChI=1S/C17H13N5S/c1-21-7-3-6-14(21)16-18-12-5-2-4-11(15(12)20-16)13-10-22-8-9-23-17(22)19-13/h2-10H,1H3,(H,18,20). The Morgan fingerprint density at radius 1 is 1.09 bits per heavy atom. The van der Waals surface area contributed by atoms with Gasteiger partial charge in [-0.05, 0) is 18.2 Å². The lowest BCUT2D eigenvalue weighted by molar-refractivity contribution is 0.927. The molecule has 0 radical (unpaired) electrons. The molecule has 4 aromatic heterocycles. The van der Waals surface area contributed by atoms with Gasteiger partial charge in [-0.1, -0.05) is 12.1 Å². The lowest BCUT2D eigenvalue weighted by atomic mass is 10.1. The zero-order valence-electron chi connectivity index (χ0n) is 12.4. The van der Waals surface area contributed by atoms with Crippen LogP contribution in [0.1, 0.15) is 0 Å². The summed E-state index contributed by atoms with van der Waals surface area (Å²) in [5.74, 6) is 0.876. The Morgan fingerprint density at radius 2 is 2.04 bits per heavy atom. The van der Waals surface area contributed by atoms with E-state index in [1.54, 1.807) is 11.3 Å². The largest absolute Gasteiger partial charge is 0.348 e. The van der Waals surface area contributed by atoms with E-state index in [9.17, 15) is 0 Å². The third kappa shape index (κ3) is 1.85. The molecule has 0 amide bonds. The number of thiazole rings is 1. The number of aryl methyl sites for hydroxylation is 1. The molecule has 6 heteroatoms. The number of hydrogen-bond donors (Lipinski definition) is 1. The topological polar surface area (TPSA) is 50.9 Å². The number of imidazole rings is 2. The summed E-state index contributed by atoms with van der Waals surface area (Å²) in [6.07, 6.45) is 6.11. The first-order valence-corrected chi connectivity index (χ1v) is 8.20. The quantitative estimate of drug-likeness (QED) is 0.536. The number of benzene rings is 1. The number of hydrogen-bond acceptors (Lipinski definition) is 3. The van der Waals surface area contributed by atoms with Gasteiger partial charge in [0.1, 0.15) is 0 Å². The fourth-order valence-corrected chi connectivity index (χ4v) is 3.63. The first-order valence-electron chi connectivity index (χ1n) is 7.32. The fraction of sp³-hybridized carbons (Fsp3) is 0.0588. The van der Waals surface area contributed by atoms with Crippen molar-refractivity contribution in [3.8, 4) is 22.8 Å². The van der Waals surface area contributed by atoms with Crippen molar-refractivity contribution in [1.29, 1.82) is 0 Å². The minimum Gasteiger partial charge on any atom is -0.348 e. The normalized spacial score (nSPS) is 11.7. The molecule has 0 bridgehead atoms. The van der Waals surface area contributed by atoms with Crippen LogP contribution in [0.5, 0.6) is 0 Å². The Hall–Kier alpha value is -2.86. The van der Waals surface area contributed by atoms with Crippen molar-refractivity contribution in [2.24, 2.45) is 7.05 Å². The van der Waals surface area contributed by atoms with E-state index >= 15 is 0 Å². The third-order valence-electron chi connectivity index (χ3n) is 4.07. The number of rotatable bonds is 2. The third-order valence-corrected chi connectivity index (χ3v) is 4.84. The molecule has 0 saturated heterocycles. The molecule has 1 N–H and O–H groups in total. The van der Waals surface area contributed by atoms with Crippen LogP contribution < -0.4 is 0 Å². The van der Waals surface area contributed by atoms with E-state index in [4.69, 9.17) is 9.97 Å². The Balaban J connectivity index is 1.74. The maximum atomic E-state index is 4.74. The second-order valence-corrected chi connectivity index (χ2v) is 6.38. The highest BCUT2D eigenvalue weighted by atomic mass is 32.1. The number of nitrogens with one attached hydrogen (secondary N) is 1. The Labute approximate surface area is 135 Å². The maximum absolute atomic E-state index is 4.74. The van der Waals surface area contributed by atoms with Gasteiger partial charge in [-0.25, -0.2) is 9.97 Å². The number of aromatic amines is 1. The van der Waals surface area contributed by atoms with Gasteiger partial charge in [0.25, 0.3) is 0 Å². The number of nitrogens with zero attached hydrogens (tertiary/aromatic N) is 4. The molecule has 0 spiro atoms. The molecule has 0 saturated carbocycles. The van der Waals surface area contributed by atoms with Crippen LogP contribution in [0.3, 0.4) is 0 Å². The van der Waals surface area contributed by atoms with Gasteiger partial charge < -0.3 is 9.55 Å². The van der Waals surface area contributed by atoms with Gasteiger partial charge in [-0.3, -0.25) is 4.40 Å². The molecule has 4 heterocycles. The van der Waals surface area contributed by atoms with Crippen LogP contribution in [0.25, 0.3) is 38.8 Å². The SMILES string of the molecule is Cn1cccc1-c1nc2cccc(-c3cn4ccsc4n3)c2[nH]1. The summed E-state index contributed by atoms with van der Waals surface area (Å²) >= 11 is 1.64. The maximum Gasteiger partial charge on any atom is 0.194 e. The minimum atomic E-state index is 0.876. The van der Waals surface area contributed by atoms with E-state index in [-0.39, 0.29) is 0 Å². The van der Waals surface area contributed by atoms with Crippen molar-refractivity contribution in [2.45, 2.75) is 0 Å². The molecule has 0 aliphatic heterocycles. The fourth-order valence-electron chi connectivity index (χ4n) is 2.93. The van der Waals surface area contributed by atoms with E-state index in [0.29, 0.717) is 0 Å². The van der Waals surface area contributed by atoms with Gasteiger partial charge in [0, 0.05) is 36.6 Å². The summed E-state index contributed by atoms with van der Waals surface area (Å²) in [6, 6.07) is 10.2. The van der Waals surface area contributed by atoms with E-state index in [0.717, 1.165) is 38.8 Å². The summed E-state index contributed by atoms with van der Waals surface area (Å²) in [5, 5.41) is 2.04.